The summed E-state index contributed by atoms with van der Waals surface area (Å²) in [5, 5.41) is 4.52. The van der Waals surface area contributed by atoms with Crippen molar-refractivity contribution < 1.29 is 14.3 Å². The molecule has 2 aromatic rings. The van der Waals surface area contributed by atoms with Crippen molar-refractivity contribution in [3.63, 3.8) is 0 Å². The van der Waals surface area contributed by atoms with E-state index < -0.39 is 0 Å². The summed E-state index contributed by atoms with van der Waals surface area (Å²) in [4.78, 5) is 12.5. The van der Waals surface area contributed by atoms with E-state index in [-0.39, 0.29) is 5.78 Å². The third kappa shape index (κ3) is 2.42. The molecule has 0 saturated heterocycles. The van der Waals surface area contributed by atoms with E-state index in [0.29, 0.717) is 27.8 Å². The standard InChI is InChI=1S/C13H13ClN2O3/c1-16-12(11(19-3)7-15-16)13(17)9-5-4-8(14)6-10(9)18-2/h4-7H,1-3H3. The molecule has 0 amide bonds. The van der Waals surface area contributed by atoms with Gasteiger partial charge in [-0.15, -0.1) is 0 Å². The zero-order valence-electron chi connectivity index (χ0n) is 10.8. The summed E-state index contributed by atoms with van der Waals surface area (Å²) >= 11 is 5.88. The van der Waals surface area contributed by atoms with Crippen LogP contribution in [0, 0.1) is 0 Å². The van der Waals surface area contributed by atoms with Crippen LogP contribution in [0.5, 0.6) is 11.5 Å². The maximum atomic E-state index is 12.5. The molecule has 100 valence electrons. The van der Waals surface area contributed by atoms with Crippen LogP contribution in [-0.2, 0) is 7.05 Å². The maximum absolute atomic E-state index is 12.5. The van der Waals surface area contributed by atoms with Gasteiger partial charge in [-0.1, -0.05) is 11.6 Å². The smallest absolute Gasteiger partial charge is 0.218 e. The van der Waals surface area contributed by atoms with Gasteiger partial charge in [-0.2, -0.15) is 5.10 Å². The predicted octanol–water partition coefficient (Wildman–Crippen LogP) is 2.32. The number of ketones is 1. The van der Waals surface area contributed by atoms with E-state index in [0.717, 1.165) is 0 Å². The van der Waals surface area contributed by atoms with E-state index in [2.05, 4.69) is 5.10 Å². The Kier molecular flexibility index (Phi) is 3.76. The summed E-state index contributed by atoms with van der Waals surface area (Å²) < 4.78 is 11.8. The van der Waals surface area contributed by atoms with Crippen LogP contribution in [0.1, 0.15) is 16.1 Å². The highest BCUT2D eigenvalue weighted by Crippen LogP contribution is 2.28. The third-order valence-corrected chi connectivity index (χ3v) is 2.98. The Hall–Kier alpha value is -2.01. The molecule has 0 aliphatic carbocycles. The van der Waals surface area contributed by atoms with Gasteiger partial charge in [0, 0.05) is 12.1 Å². The van der Waals surface area contributed by atoms with E-state index in [4.69, 9.17) is 21.1 Å². The summed E-state index contributed by atoms with van der Waals surface area (Å²) in [6, 6.07) is 4.85. The molecule has 1 heterocycles. The topological polar surface area (TPSA) is 53.4 Å². The Morgan fingerprint density at radius 1 is 1.26 bits per heavy atom. The minimum Gasteiger partial charge on any atom is -0.496 e. The van der Waals surface area contributed by atoms with Gasteiger partial charge in [-0.25, -0.2) is 0 Å². The minimum atomic E-state index is -0.231. The molecule has 6 heteroatoms. The average molecular weight is 281 g/mol. The van der Waals surface area contributed by atoms with E-state index in [1.54, 1.807) is 25.2 Å². The highest BCUT2D eigenvalue weighted by Gasteiger charge is 2.22. The van der Waals surface area contributed by atoms with Gasteiger partial charge < -0.3 is 9.47 Å². The van der Waals surface area contributed by atoms with Crippen molar-refractivity contribution >= 4 is 17.4 Å². The molecule has 0 N–H and O–H groups in total. The van der Waals surface area contributed by atoms with Gasteiger partial charge in [0.15, 0.2) is 11.4 Å². The Morgan fingerprint density at radius 3 is 2.58 bits per heavy atom. The Morgan fingerprint density at radius 2 is 1.95 bits per heavy atom. The van der Waals surface area contributed by atoms with Crippen molar-refractivity contribution in [2.75, 3.05) is 14.2 Å². The van der Waals surface area contributed by atoms with Crippen molar-refractivity contribution in [1.82, 2.24) is 9.78 Å². The quantitative estimate of drug-likeness (QED) is 0.807. The minimum absolute atomic E-state index is 0.231. The molecule has 5 nitrogen and oxygen atoms in total. The number of benzene rings is 1. The second kappa shape index (κ2) is 5.32. The zero-order valence-corrected chi connectivity index (χ0v) is 11.6. The monoisotopic (exact) mass is 280 g/mol. The Balaban J connectivity index is 2.53. The molecule has 19 heavy (non-hydrogen) atoms. The summed E-state index contributed by atoms with van der Waals surface area (Å²) in [5.74, 6) is 0.607. The fourth-order valence-corrected chi connectivity index (χ4v) is 1.97. The molecule has 0 bridgehead atoms. The van der Waals surface area contributed by atoms with Gasteiger partial charge in [-0.3, -0.25) is 9.48 Å². The van der Waals surface area contributed by atoms with Crippen LogP contribution < -0.4 is 9.47 Å². The number of carbonyl (C=O) groups is 1. The van der Waals surface area contributed by atoms with Gasteiger partial charge in [0.25, 0.3) is 0 Å². The number of hydrogen-bond acceptors (Lipinski definition) is 4. The zero-order chi connectivity index (χ0) is 14.0. The number of nitrogens with zero attached hydrogens (tertiary/aromatic N) is 2. The highest BCUT2D eigenvalue weighted by molar-refractivity contribution is 6.31. The van der Waals surface area contributed by atoms with Crippen molar-refractivity contribution in [2.45, 2.75) is 0 Å². The van der Waals surface area contributed by atoms with E-state index in [1.807, 2.05) is 0 Å². The molecular weight excluding hydrogens is 268 g/mol. The number of methoxy groups -OCH3 is 2. The molecule has 0 spiro atoms. The van der Waals surface area contributed by atoms with E-state index in [1.165, 1.54) is 25.1 Å². The van der Waals surface area contributed by atoms with Crippen molar-refractivity contribution in [3.05, 3.63) is 40.7 Å². The van der Waals surface area contributed by atoms with Crippen LogP contribution >= 0.6 is 11.6 Å². The first-order valence-electron chi connectivity index (χ1n) is 5.52. The number of aromatic nitrogens is 2. The van der Waals surface area contributed by atoms with Gasteiger partial charge in [0.2, 0.25) is 5.78 Å². The van der Waals surface area contributed by atoms with Crippen molar-refractivity contribution in [3.8, 4) is 11.5 Å². The van der Waals surface area contributed by atoms with Crippen LogP contribution in [-0.4, -0.2) is 29.8 Å². The van der Waals surface area contributed by atoms with Crippen molar-refractivity contribution in [2.24, 2.45) is 7.05 Å². The second-order valence-corrected chi connectivity index (χ2v) is 4.30. The number of hydrogen-bond donors (Lipinski definition) is 0. The summed E-state index contributed by atoms with van der Waals surface area (Å²) in [7, 11) is 4.66. The van der Waals surface area contributed by atoms with Gasteiger partial charge in [0.1, 0.15) is 5.75 Å². The lowest BCUT2D eigenvalue weighted by atomic mass is 10.1. The van der Waals surface area contributed by atoms with E-state index >= 15 is 0 Å². The lowest BCUT2D eigenvalue weighted by Crippen LogP contribution is -2.11. The van der Waals surface area contributed by atoms with Crippen LogP contribution in [0.3, 0.4) is 0 Å². The average Bonchev–Trinajstić information content (AvgIpc) is 2.78. The molecular formula is C13H13ClN2O3. The summed E-state index contributed by atoms with van der Waals surface area (Å²) in [6.45, 7) is 0. The lowest BCUT2D eigenvalue weighted by molar-refractivity contribution is 0.102. The molecule has 0 fully saturated rings. The lowest BCUT2D eigenvalue weighted by Gasteiger charge is -2.09. The fourth-order valence-electron chi connectivity index (χ4n) is 1.81. The number of ether oxygens (including phenoxy) is 2. The maximum Gasteiger partial charge on any atom is 0.218 e. The first-order valence-corrected chi connectivity index (χ1v) is 5.90. The van der Waals surface area contributed by atoms with Crippen LogP contribution in [0.15, 0.2) is 24.4 Å². The first-order chi connectivity index (χ1) is 9.08. The molecule has 0 aliphatic heterocycles. The first kappa shape index (κ1) is 13.4. The Labute approximate surface area is 115 Å². The van der Waals surface area contributed by atoms with Gasteiger partial charge in [-0.05, 0) is 18.2 Å². The van der Waals surface area contributed by atoms with Crippen LogP contribution in [0.2, 0.25) is 5.02 Å². The fraction of sp³-hybridized carbons (Fsp3) is 0.231. The SMILES string of the molecule is COc1cc(Cl)ccc1C(=O)c1c(OC)cnn1C. The molecule has 0 radical (unpaired) electrons. The highest BCUT2D eigenvalue weighted by atomic mass is 35.5. The largest absolute Gasteiger partial charge is 0.496 e. The third-order valence-electron chi connectivity index (χ3n) is 2.75. The normalized spacial score (nSPS) is 10.3. The molecule has 1 aromatic carbocycles. The Bertz CT molecular complexity index is 622. The molecule has 0 aliphatic rings. The molecule has 0 saturated carbocycles. The number of aryl methyl sites for hydroxylation is 1. The molecule has 1 aromatic heterocycles. The van der Waals surface area contributed by atoms with Crippen molar-refractivity contribution in [1.29, 1.82) is 0 Å². The molecule has 0 atom stereocenters. The second-order valence-electron chi connectivity index (χ2n) is 3.86. The molecule has 0 unspecified atom stereocenters. The number of halogens is 1. The van der Waals surface area contributed by atoms with E-state index in [9.17, 15) is 4.79 Å². The summed E-state index contributed by atoms with van der Waals surface area (Å²) in [5.41, 5.74) is 0.775. The van der Waals surface area contributed by atoms with Crippen LogP contribution in [0.25, 0.3) is 0 Å². The number of rotatable bonds is 4. The molecule has 2 rings (SSSR count). The van der Waals surface area contributed by atoms with Gasteiger partial charge >= 0.3 is 0 Å². The van der Waals surface area contributed by atoms with Gasteiger partial charge in [0.05, 0.1) is 26.0 Å². The van der Waals surface area contributed by atoms with Crippen LogP contribution in [0.4, 0.5) is 0 Å². The summed E-state index contributed by atoms with van der Waals surface area (Å²) in [6.07, 6.45) is 1.50. The number of carbonyl (C=O) groups excluding carboxylic acids is 1. The predicted molar refractivity (Wildman–Crippen MR) is 71.2 cm³/mol.